The highest BCUT2D eigenvalue weighted by Crippen LogP contribution is 2.40. The Morgan fingerprint density at radius 2 is 2.12 bits per heavy atom. The number of hydrogen-bond acceptors (Lipinski definition) is 8. The Balaban J connectivity index is 1.52. The Morgan fingerprint density at radius 3 is 2.88 bits per heavy atom. The van der Waals surface area contributed by atoms with E-state index in [1.165, 1.54) is 6.33 Å². The molecule has 25 heavy (non-hydrogen) atoms. The van der Waals surface area contributed by atoms with Gasteiger partial charge in [0, 0.05) is 31.8 Å². The number of aromatic nitrogens is 3. The van der Waals surface area contributed by atoms with Gasteiger partial charge < -0.3 is 19.3 Å². The molecule has 0 amide bonds. The van der Waals surface area contributed by atoms with Gasteiger partial charge in [-0.3, -0.25) is 4.90 Å². The first kappa shape index (κ1) is 16.7. The standard InChI is InChI=1S/C17H25N5O3/c1-3-24-13-8-17(9-13,22-4-6-23-7-5-22)10-18-15-14-12(2)21-25-16(14)20-11-19-15/h11,13H,3-10H2,1-2H3,(H,18,19,20). The fourth-order valence-electron chi connectivity index (χ4n) is 4.00. The minimum atomic E-state index is 0.0892. The van der Waals surface area contributed by atoms with Gasteiger partial charge in [-0.25, -0.2) is 4.98 Å². The van der Waals surface area contributed by atoms with Gasteiger partial charge in [0.05, 0.1) is 25.0 Å². The maximum atomic E-state index is 5.82. The second-order valence-electron chi connectivity index (χ2n) is 6.83. The Morgan fingerprint density at radius 1 is 1.32 bits per heavy atom. The van der Waals surface area contributed by atoms with E-state index in [0.717, 1.165) is 69.2 Å². The first-order chi connectivity index (χ1) is 12.2. The molecule has 0 unspecified atom stereocenters. The number of morpholine rings is 1. The van der Waals surface area contributed by atoms with Crippen molar-refractivity contribution in [2.75, 3.05) is 44.8 Å². The van der Waals surface area contributed by atoms with Gasteiger partial charge in [-0.05, 0) is 26.7 Å². The van der Waals surface area contributed by atoms with E-state index in [2.05, 4.69) is 32.3 Å². The van der Waals surface area contributed by atoms with E-state index in [4.69, 9.17) is 14.0 Å². The highest BCUT2D eigenvalue weighted by molar-refractivity contribution is 5.87. The molecule has 2 fully saturated rings. The van der Waals surface area contributed by atoms with Crippen LogP contribution in [0.2, 0.25) is 0 Å². The summed E-state index contributed by atoms with van der Waals surface area (Å²) in [6.07, 6.45) is 3.92. The molecule has 1 aliphatic heterocycles. The van der Waals surface area contributed by atoms with E-state index in [1.54, 1.807) is 0 Å². The summed E-state index contributed by atoms with van der Waals surface area (Å²) in [5, 5.41) is 8.39. The van der Waals surface area contributed by atoms with Crippen LogP contribution in [0.5, 0.6) is 0 Å². The lowest BCUT2D eigenvalue weighted by Gasteiger charge is -2.55. The minimum Gasteiger partial charge on any atom is -0.379 e. The second-order valence-corrected chi connectivity index (χ2v) is 6.83. The van der Waals surface area contributed by atoms with Crippen molar-refractivity contribution in [1.29, 1.82) is 0 Å². The largest absolute Gasteiger partial charge is 0.379 e. The van der Waals surface area contributed by atoms with E-state index in [9.17, 15) is 0 Å². The molecular formula is C17H25N5O3. The molecule has 0 atom stereocenters. The van der Waals surface area contributed by atoms with Crippen LogP contribution in [0.25, 0.3) is 11.1 Å². The first-order valence-corrected chi connectivity index (χ1v) is 8.97. The summed E-state index contributed by atoms with van der Waals surface area (Å²) in [6.45, 7) is 9.06. The van der Waals surface area contributed by atoms with Crippen molar-refractivity contribution in [3.8, 4) is 0 Å². The van der Waals surface area contributed by atoms with Gasteiger partial charge in [0.1, 0.15) is 17.5 Å². The third-order valence-corrected chi connectivity index (χ3v) is 5.33. The number of ether oxygens (including phenoxy) is 2. The molecule has 1 saturated heterocycles. The fraction of sp³-hybridized carbons (Fsp3) is 0.706. The van der Waals surface area contributed by atoms with Crippen molar-refractivity contribution in [2.24, 2.45) is 0 Å². The molecule has 8 nitrogen and oxygen atoms in total. The summed E-state index contributed by atoms with van der Waals surface area (Å²) in [4.78, 5) is 11.1. The van der Waals surface area contributed by atoms with Crippen LogP contribution >= 0.6 is 0 Å². The van der Waals surface area contributed by atoms with Crippen molar-refractivity contribution in [3.05, 3.63) is 12.0 Å². The lowest BCUT2D eigenvalue weighted by molar-refractivity contribution is -0.121. The summed E-state index contributed by atoms with van der Waals surface area (Å²) < 4.78 is 16.6. The molecule has 2 aliphatic rings. The van der Waals surface area contributed by atoms with Crippen LogP contribution in [0.3, 0.4) is 0 Å². The molecule has 2 aromatic heterocycles. The highest BCUT2D eigenvalue weighted by Gasteiger charge is 2.49. The predicted molar refractivity (Wildman–Crippen MR) is 92.6 cm³/mol. The number of nitrogens with zero attached hydrogens (tertiary/aromatic N) is 4. The monoisotopic (exact) mass is 347 g/mol. The maximum absolute atomic E-state index is 5.82. The molecule has 0 radical (unpaired) electrons. The number of hydrogen-bond donors (Lipinski definition) is 1. The third kappa shape index (κ3) is 3.09. The molecule has 1 N–H and O–H groups in total. The number of rotatable bonds is 6. The van der Waals surface area contributed by atoms with Crippen molar-refractivity contribution in [3.63, 3.8) is 0 Å². The predicted octanol–water partition coefficient (Wildman–Crippen LogP) is 1.61. The van der Waals surface area contributed by atoms with Crippen molar-refractivity contribution < 1.29 is 14.0 Å². The lowest BCUT2D eigenvalue weighted by Crippen LogP contribution is -2.65. The van der Waals surface area contributed by atoms with Gasteiger partial charge >= 0.3 is 0 Å². The van der Waals surface area contributed by atoms with E-state index in [0.29, 0.717) is 11.8 Å². The number of aryl methyl sites for hydroxylation is 1. The van der Waals surface area contributed by atoms with Gasteiger partial charge in [0.2, 0.25) is 0 Å². The summed E-state index contributed by atoms with van der Waals surface area (Å²) in [7, 11) is 0. The zero-order valence-electron chi connectivity index (χ0n) is 14.8. The summed E-state index contributed by atoms with van der Waals surface area (Å²) in [5.74, 6) is 0.788. The van der Waals surface area contributed by atoms with E-state index < -0.39 is 0 Å². The minimum absolute atomic E-state index is 0.0892. The Labute approximate surface area is 146 Å². The average molecular weight is 347 g/mol. The van der Waals surface area contributed by atoms with Crippen molar-refractivity contribution in [1.82, 2.24) is 20.0 Å². The summed E-state index contributed by atoms with van der Waals surface area (Å²) in [6, 6.07) is 0. The van der Waals surface area contributed by atoms with Crippen LogP contribution in [0.4, 0.5) is 5.82 Å². The molecule has 1 saturated carbocycles. The normalized spacial score (nSPS) is 27.4. The lowest BCUT2D eigenvalue weighted by atomic mass is 9.72. The molecule has 136 valence electrons. The second kappa shape index (κ2) is 6.86. The SMILES string of the molecule is CCOC1CC(CNc2ncnc3onc(C)c23)(N2CCOCC2)C1. The number of fused-ring (bicyclic) bond motifs is 1. The average Bonchev–Trinajstić information content (AvgIpc) is 2.99. The topological polar surface area (TPSA) is 85.5 Å². The van der Waals surface area contributed by atoms with Crippen LogP contribution in [-0.4, -0.2) is 71.1 Å². The van der Waals surface area contributed by atoms with Gasteiger partial charge in [0.15, 0.2) is 0 Å². The van der Waals surface area contributed by atoms with Gasteiger partial charge in [-0.1, -0.05) is 5.16 Å². The molecule has 0 spiro atoms. The van der Waals surface area contributed by atoms with Gasteiger partial charge in [-0.2, -0.15) is 4.98 Å². The Hall–Kier alpha value is -1.77. The highest BCUT2D eigenvalue weighted by atomic mass is 16.5. The first-order valence-electron chi connectivity index (χ1n) is 8.97. The van der Waals surface area contributed by atoms with Gasteiger partial charge in [0.25, 0.3) is 5.71 Å². The molecule has 4 rings (SSSR count). The smallest absolute Gasteiger partial charge is 0.263 e. The summed E-state index contributed by atoms with van der Waals surface area (Å²) >= 11 is 0. The fourth-order valence-corrected chi connectivity index (χ4v) is 4.00. The van der Waals surface area contributed by atoms with E-state index >= 15 is 0 Å². The molecule has 1 aliphatic carbocycles. The summed E-state index contributed by atoms with van der Waals surface area (Å²) in [5.41, 5.74) is 1.42. The van der Waals surface area contributed by atoms with Crippen molar-refractivity contribution in [2.45, 2.75) is 38.3 Å². The van der Waals surface area contributed by atoms with Crippen LogP contribution in [0.15, 0.2) is 10.9 Å². The van der Waals surface area contributed by atoms with E-state index in [1.807, 2.05) is 6.92 Å². The number of anilines is 1. The maximum Gasteiger partial charge on any atom is 0.263 e. The zero-order valence-corrected chi connectivity index (χ0v) is 14.8. The quantitative estimate of drug-likeness (QED) is 0.843. The molecular weight excluding hydrogens is 322 g/mol. The number of nitrogens with one attached hydrogen (secondary N) is 1. The Kier molecular flexibility index (Phi) is 4.58. The Bertz CT molecular complexity index is 722. The zero-order chi connectivity index (χ0) is 17.3. The molecule has 0 bridgehead atoms. The third-order valence-electron chi connectivity index (χ3n) is 5.33. The van der Waals surface area contributed by atoms with Crippen molar-refractivity contribution >= 4 is 16.9 Å². The molecule has 3 heterocycles. The molecule has 8 heteroatoms. The van der Waals surface area contributed by atoms with Gasteiger partial charge in [-0.15, -0.1) is 0 Å². The molecule has 2 aromatic rings. The van der Waals surface area contributed by atoms with Crippen LogP contribution in [0.1, 0.15) is 25.5 Å². The van der Waals surface area contributed by atoms with Crippen LogP contribution < -0.4 is 5.32 Å². The molecule has 0 aromatic carbocycles. The van der Waals surface area contributed by atoms with Crippen LogP contribution in [0, 0.1) is 6.92 Å². The van der Waals surface area contributed by atoms with E-state index in [-0.39, 0.29) is 5.54 Å². The van der Waals surface area contributed by atoms with Crippen LogP contribution in [-0.2, 0) is 9.47 Å².